The number of pyridine rings is 1. The molecule has 1 fully saturated rings. The highest BCUT2D eigenvalue weighted by Gasteiger charge is 2.11. The molecular formula is C13H18N4O2. The number of amides is 1. The van der Waals surface area contributed by atoms with Crippen molar-refractivity contribution in [2.75, 3.05) is 32.8 Å². The van der Waals surface area contributed by atoms with Gasteiger partial charge in [-0.25, -0.2) is 5.43 Å². The summed E-state index contributed by atoms with van der Waals surface area (Å²) in [6, 6.07) is 3.69. The molecule has 2 rings (SSSR count). The largest absolute Gasteiger partial charge is 0.379 e. The molecular weight excluding hydrogens is 244 g/mol. The molecule has 1 saturated heterocycles. The van der Waals surface area contributed by atoms with Crippen LogP contribution < -0.4 is 5.43 Å². The minimum atomic E-state index is -0.0772. The summed E-state index contributed by atoms with van der Waals surface area (Å²) in [7, 11) is 0. The topological polar surface area (TPSA) is 66.8 Å². The number of nitrogens with zero attached hydrogens (tertiary/aromatic N) is 3. The summed E-state index contributed by atoms with van der Waals surface area (Å²) in [5.74, 6) is -0.0772. The summed E-state index contributed by atoms with van der Waals surface area (Å²) in [5, 5.41) is 3.90. The Morgan fingerprint density at radius 3 is 3.11 bits per heavy atom. The molecule has 1 aromatic heterocycles. The third kappa shape index (κ3) is 5.15. The van der Waals surface area contributed by atoms with Gasteiger partial charge in [-0.3, -0.25) is 14.7 Å². The van der Waals surface area contributed by atoms with Crippen LogP contribution in [0.3, 0.4) is 0 Å². The lowest BCUT2D eigenvalue weighted by atomic mass is 10.3. The van der Waals surface area contributed by atoms with E-state index in [2.05, 4.69) is 20.4 Å². The van der Waals surface area contributed by atoms with Crippen molar-refractivity contribution in [2.45, 2.75) is 6.42 Å². The maximum atomic E-state index is 11.6. The average Bonchev–Trinajstić information content (AvgIpc) is 2.47. The maximum absolute atomic E-state index is 11.6. The number of hydrazone groups is 1. The van der Waals surface area contributed by atoms with Gasteiger partial charge in [-0.05, 0) is 6.07 Å². The van der Waals surface area contributed by atoms with Crippen LogP contribution in [-0.4, -0.2) is 54.9 Å². The van der Waals surface area contributed by atoms with Gasteiger partial charge in [-0.2, -0.15) is 5.10 Å². The van der Waals surface area contributed by atoms with Crippen molar-refractivity contribution in [2.24, 2.45) is 5.10 Å². The summed E-state index contributed by atoms with van der Waals surface area (Å²) < 4.78 is 5.25. The molecule has 0 bridgehead atoms. The number of nitrogens with one attached hydrogen (secondary N) is 1. The van der Waals surface area contributed by atoms with Gasteiger partial charge in [0, 0.05) is 44.0 Å². The summed E-state index contributed by atoms with van der Waals surface area (Å²) in [4.78, 5) is 17.8. The highest BCUT2D eigenvalue weighted by Crippen LogP contribution is 1.97. The Labute approximate surface area is 112 Å². The Morgan fingerprint density at radius 1 is 1.53 bits per heavy atom. The second kappa shape index (κ2) is 7.60. The molecule has 1 aliphatic heterocycles. The molecule has 1 aliphatic rings. The van der Waals surface area contributed by atoms with Crippen molar-refractivity contribution in [3.05, 3.63) is 30.1 Å². The number of carbonyl (C=O) groups excluding carboxylic acids is 1. The smallest absolute Gasteiger partial charge is 0.241 e. The highest BCUT2D eigenvalue weighted by molar-refractivity contribution is 5.81. The summed E-state index contributed by atoms with van der Waals surface area (Å²) in [6.45, 7) is 4.04. The SMILES string of the molecule is O=C(CCN1CCOCC1)N/N=C/c1cccnc1. The van der Waals surface area contributed by atoms with Gasteiger partial charge in [-0.15, -0.1) is 0 Å². The van der Waals surface area contributed by atoms with Crippen LogP contribution in [0.2, 0.25) is 0 Å². The van der Waals surface area contributed by atoms with Crippen LogP contribution in [0, 0.1) is 0 Å². The van der Waals surface area contributed by atoms with Crippen molar-refractivity contribution in [1.29, 1.82) is 0 Å². The third-order valence-electron chi connectivity index (χ3n) is 2.85. The zero-order valence-electron chi connectivity index (χ0n) is 10.8. The molecule has 0 radical (unpaired) electrons. The predicted molar refractivity (Wildman–Crippen MR) is 71.8 cm³/mol. The maximum Gasteiger partial charge on any atom is 0.241 e. The van der Waals surface area contributed by atoms with Crippen molar-refractivity contribution in [3.8, 4) is 0 Å². The van der Waals surface area contributed by atoms with Crippen LogP contribution in [0.5, 0.6) is 0 Å². The van der Waals surface area contributed by atoms with Crippen LogP contribution in [-0.2, 0) is 9.53 Å². The number of hydrogen-bond acceptors (Lipinski definition) is 5. The molecule has 6 nitrogen and oxygen atoms in total. The van der Waals surface area contributed by atoms with Crippen molar-refractivity contribution >= 4 is 12.1 Å². The second-order valence-electron chi connectivity index (χ2n) is 4.28. The fourth-order valence-corrected chi connectivity index (χ4v) is 1.77. The molecule has 0 aliphatic carbocycles. The van der Waals surface area contributed by atoms with Crippen LogP contribution in [0.15, 0.2) is 29.6 Å². The molecule has 1 aromatic rings. The van der Waals surface area contributed by atoms with Crippen LogP contribution in [0.4, 0.5) is 0 Å². The first kappa shape index (κ1) is 13.6. The van der Waals surface area contributed by atoms with Gasteiger partial charge >= 0.3 is 0 Å². The predicted octanol–water partition coefficient (Wildman–Crippen LogP) is 0.254. The lowest BCUT2D eigenvalue weighted by Gasteiger charge is -2.25. The standard InChI is InChI=1S/C13H18N4O2/c18-13(3-5-17-6-8-19-9-7-17)16-15-11-12-2-1-4-14-10-12/h1-2,4,10-11H,3,5-9H2,(H,16,18)/b15-11+. The van der Waals surface area contributed by atoms with E-state index in [1.54, 1.807) is 18.6 Å². The fourth-order valence-electron chi connectivity index (χ4n) is 1.77. The quantitative estimate of drug-likeness (QED) is 0.610. The molecule has 19 heavy (non-hydrogen) atoms. The number of aromatic nitrogens is 1. The average molecular weight is 262 g/mol. The van der Waals surface area contributed by atoms with E-state index in [0.717, 1.165) is 38.4 Å². The lowest BCUT2D eigenvalue weighted by molar-refractivity contribution is -0.121. The number of morpholine rings is 1. The van der Waals surface area contributed by atoms with E-state index in [1.807, 2.05) is 12.1 Å². The zero-order valence-corrected chi connectivity index (χ0v) is 10.8. The summed E-state index contributed by atoms with van der Waals surface area (Å²) >= 11 is 0. The third-order valence-corrected chi connectivity index (χ3v) is 2.85. The zero-order chi connectivity index (χ0) is 13.3. The lowest BCUT2D eigenvalue weighted by Crippen LogP contribution is -2.38. The van der Waals surface area contributed by atoms with Gasteiger partial charge < -0.3 is 4.74 Å². The van der Waals surface area contributed by atoms with E-state index >= 15 is 0 Å². The molecule has 1 amide bonds. The Morgan fingerprint density at radius 2 is 2.37 bits per heavy atom. The van der Waals surface area contributed by atoms with Crippen molar-refractivity contribution < 1.29 is 9.53 Å². The Bertz CT molecular complexity index is 416. The van der Waals surface area contributed by atoms with Gasteiger partial charge in [-0.1, -0.05) is 6.07 Å². The molecule has 1 N–H and O–H groups in total. The van der Waals surface area contributed by atoms with Gasteiger partial charge in [0.1, 0.15) is 0 Å². The Hall–Kier alpha value is -1.79. The molecule has 102 valence electrons. The highest BCUT2D eigenvalue weighted by atomic mass is 16.5. The number of carbonyl (C=O) groups is 1. The van der Waals surface area contributed by atoms with Crippen LogP contribution in [0.1, 0.15) is 12.0 Å². The van der Waals surface area contributed by atoms with Gasteiger partial charge in [0.2, 0.25) is 5.91 Å². The minimum Gasteiger partial charge on any atom is -0.379 e. The Balaban J connectivity index is 1.65. The first-order valence-corrected chi connectivity index (χ1v) is 6.36. The molecule has 6 heteroatoms. The van der Waals surface area contributed by atoms with Crippen LogP contribution >= 0.6 is 0 Å². The van der Waals surface area contributed by atoms with Crippen LogP contribution in [0.25, 0.3) is 0 Å². The summed E-state index contributed by atoms with van der Waals surface area (Å²) in [5.41, 5.74) is 3.37. The van der Waals surface area contributed by atoms with E-state index in [9.17, 15) is 4.79 Å². The molecule has 2 heterocycles. The first-order chi connectivity index (χ1) is 9.34. The number of ether oxygens (including phenoxy) is 1. The second-order valence-corrected chi connectivity index (χ2v) is 4.28. The van der Waals surface area contributed by atoms with E-state index < -0.39 is 0 Å². The normalized spacial score (nSPS) is 16.6. The number of rotatable bonds is 5. The monoisotopic (exact) mass is 262 g/mol. The minimum absolute atomic E-state index is 0.0772. The van der Waals surface area contributed by atoms with Crippen molar-refractivity contribution in [1.82, 2.24) is 15.3 Å². The van der Waals surface area contributed by atoms with Crippen molar-refractivity contribution in [3.63, 3.8) is 0 Å². The van der Waals surface area contributed by atoms with Gasteiger partial charge in [0.15, 0.2) is 0 Å². The molecule has 0 atom stereocenters. The Kier molecular flexibility index (Phi) is 5.46. The van der Waals surface area contributed by atoms with E-state index in [4.69, 9.17) is 4.74 Å². The first-order valence-electron chi connectivity index (χ1n) is 6.36. The number of hydrogen-bond donors (Lipinski definition) is 1. The van der Waals surface area contributed by atoms with E-state index in [0.29, 0.717) is 6.42 Å². The molecule has 0 spiro atoms. The summed E-state index contributed by atoms with van der Waals surface area (Å²) in [6.07, 6.45) is 5.41. The molecule has 0 aromatic carbocycles. The van der Waals surface area contributed by atoms with E-state index in [-0.39, 0.29) is 5.91 Å². The fraction of sp³-hybridized carbons (Fsp3) is 0.462. The van der Waals surface area contributed by atoms with Gasteiger partial charge in [0.25, 0.3) is 0 Å². The molecule has 0 unspecified atom stereocenters. The van der Waals surface area contributed by atoms with Gasteiger partial charge in [0.05, 0.1) is 19.4 Å². The molecule has 0 saturated carbocycles. The van der Waals surface area contributed by atoms with E-state index in [1.165, 1.54) is 0 Å².